The van der Waals surface area contributed by atoms with Gasteiger partial charge >= 0.3 is 0 Å². The van der Waals surface area contributed by atoms with E-state index in [4.69, 9.17) is 4.98 Å². The Kier molecular flexibility index (Phi) is 5.13. The van der Waals surface area contributed by atoms with Gasteiger partial charge in [-0.2, -0.15) is 0 Å². The van der Waals surface area contributed by atoms with Crippen LogP contribution in [0.15, 0.2) is 69.7 Å². The molecule has 1 aromatic carbocycles. The van der Waals surface area contributed by atoms with Gasteiger partial charge in [-0.25, -0.2) is 4.98 Å². The average molecular weight is 382 g/mol. The molecule has 2 aromatic heterocycles. The van der Waals surface area contributed by atoms with E-state index in [0.717, 1.165) is 39.0 Å². The molecule has 1 atom stereocenters. The lowest BCUT2D eigenvalue weighted by molar-refractivity contribution is 0.614. The normalized spacial score (nSPS) is 15.8. The third-order valence-electron chi connectivity index (χ3n) is 4.24. The standard InChI is InChI=1S/C20H19N3OS2/c1-14-10-17-18(26-14)19(24)23(12-15-6-3-2-4-7-15)20(22-17)25-13-16-8-5-9-21-11-16/h2-9,11,14H,10,12-13H2,1H3. The Labute approximate surface area is 161 Å². The highest BCUT2D eigenvalue weighted by Gasteiger charge is 2.26. The molecule has 1 aliphatic rings. The van der Waals surface area contributed by atoms with Crippen LogP contribution in [0.4, 0.5) is 0 Å². The van der Waals surface area contributed by atoms with Gasteiger partial charge in [-0.1, -0.05) is 55.1 Å². The molecule has 4 nitrogen and oxygen atoms in total. The first-order valence-corrected chi connectivity index (χ1v) is 10.4. The highest BCUT2D eigenvalue weighted by molar-refractivity contribution is 8.00. The summed E-state index contributed by atoms with van der Waals surface area (Å²) >= 11 is 3.25. The molecule has 3 heterocycles. The van der Waals surface area contributed by atoms with Crippen molar-refractivity contribution >= 4 is 23.5 Å². The van der Waals surface area contributed by atoms with Crippen molar-refractivity contribution in [3.05, 3.63) is 82.0 Å². The Morgan fingerprint density at radius 3 is 2.77 bits per heavy atom. The van der Waals surface area contributed by atoms with Gasteiger partial charge in [0.1, 0.15) is 0 Å². The summed E-state index contributed by atoms with van der Waals surface area (Å²) in [5.41, 5.74) is 3.27. The molecule has 1 aliphatic heterocycles. The van der Waals surface area contributed by atoms with E-state index in [9.17, 15) is 4.79 Å². The summed E-state index contributed by atoms with van der Waals surface area (Å²) in [4.78, 5) is 23.0. The highest BCUT2D eigenvalue weighted by Crippen LogP contribution is 2.34. The van der Waals surface area contributed by atoms with Gasteiger partial charge in [-0.15, -0.1) is 11.8 Å². The van der Waals surface area contributed by atoms with Crippen LogP contribution in [0.1, 0.15) is 23.7 Å². The molecule has 0 N–H and O–H groups in total. The van der Waals surface area contributed by atoms with Crippen molar-refractivity contribution in [2.45, 2.75) is 40.9 Å². The molecule has 4 rings (SSSR count). The third kappa shape index (κ3) is 3.71. The summed E-state index contributed by atoms with van der Waals surface area (Å²) in [6, 6.07) is 14.1. The van der Waals surface area contributed by atoms with Crippen LogP contribution in [0, 0.1) is 0 Å². The minimum absolute atomic E-state index is 0.0851. The number of thioether (sulfide) groups is 2. The van der Waals surface area contributed by atoms with Gasteiger partial charge in [0.2, 0.25) is 0 Å². The fraction of sp³-hybridized carbons (Fsp3) is 0.250. The van der Waals surface area contributed by atoms with Gasteiger partial charge in [0.15, 0.2) is 5.16 Å². The smallest absolute Gasteiger partial charge is 0.268 e. The van der Waals surface area contributed by atoms with Crippen LogP contribution in [0.25, 0.3) is 0 Å². The fourth-order valence-corrected chi connectivity index (χ4v) is 5.04. The van der Waals surface area contributed by atoms with Crippen LogP contribution in [-0.4, -0.2) is 19.8 Å². The second kappa shape index (κ2) is 7.68. The van der Waals surface area contributed by atoms with E-state index in [2.05, 4.69) is 11.9 Å². The number of hydrogen-bond donors (Lipinski definition) is 0. The minimum Gasteiger partial charge on any atom is -0.282 e. The molecule has 0 radical (unpaired) electrons. The van der Waals surface area contributed by atoms with Crippen molar-refractivity contribution in [1.29, 1.82) is 0 Å². The molecular formula is C20H19N3OS2. The summed E-state index contributed by atoms with van der Waals surface area (Å²) in [5.74, 6) is 0.747. The van der Waals surface area contributed by atoms with Crippen molar-refractivity contribution in [2.24, 2.45) is 0 Å². The molecule has 0 spiro atoms. The lowest BCUT2D eigenvalue weighted by Gasteiger charge is -2.13. The van der Waals surface area contributed by atoms with E-state index in [0.29, 0.717) is 11.8 Å². The van der Waals surface area contributed by atoms with Gasteiger partial charge in [-0.05, 0) is 17.2 Å². The molecule has 0 bridgehead atoms. The quantitative estimate of drug-likeness (QED) is 0.494. The van der Waals surface area contributed by atoms with Crippen molar-refractivity contribution in [2.75, 3.05) is 0 Å². The van der Waals surface area contributed by atoms with Gasteiger partial charge in [0.05, 0.1) is 17.1 Å². The predicted octanol–water partition coefficient (Wildman–Crippen LogP) is 4.02. The Morgan fingerprint density at radius 1 is 1.19 bits per heavy atom. The van der Waals surface area contributed by atoms with Gasteiger partial charge in [-0.3, -0.25) is 14.3 Å². The first kappa shape index (κ1) is 17.4. The van der Waals surface area contributed by atoms with E-state index < -0.39 is 0 Å². The van der Waals surface area contributed by atoms with Crippen LogP contribution in [0.2, 0.25) is 0 Å². The molecule has 26 heavy (non-hydrogen) atoms. The maximum atomic E-state index is 13.1. The lowest BCUT2D eigenvalue weighted by atomic mass is 10.2. The van der Waals surface area contributed by atoms with Gasteiger partial charge < -0.3 is 0 Å². The number of fused-ring (bicyclic) bond motifs is 1. The third-order valence-corrected chi connectivity index (χ3v) is 6.50. The zero-order valence-electron chi connectivity index (χ0n) is 14.5. The Hall–Kier alpha value is -2.05. The molecule has 1 unspecified atom stereocenters. The topological polar surface area (TPSA) is 47.8 Å². The van der Waals surface area contributed by atoms with E-state index in [1.807, 2.05) is 53.2 Å². The van der Waals surface area contributed by atoms with Crippen molar-refractivity contribution in [3.63, 3.8) is 0 Å². The van der Waals surface area contributed by atoms with E-state index in [1.165, 1.54) is 0 Å². The molecule has 0 saturated heterocycles. The van der Waals surface area contributed by atoms with Crippen LogP contribution >= 0.6 is 23.5 Å². The maximum Gasteiger partial charge on any atom is 0.268 e. The maximum absolute atomic E-state index is 13.1. The Bertz CT molecular complexity index is 958. The van der Waals surface area contributed by atoms with Crippen LogP contribution in [0.3, 0.4) is 0 Å². The van der Waals surface area contributed by atoms with Crippen LogP contribution in [-0.2, 0) is 18.7 Å². The van der Waals surface area contributed by atoms with Crippen molar-refractivity contribution in [1.82, 2.24) is 14.5 Å². The van der Waals surface area contributed by atoms with Crippen molar-refractivity contribution < 1.29 is 0 Å². The first-order valence-electron chi connectivity index (χ1n) is 8.56. The summed E-state index contributed by atoms with van der Waals surface area (Å²) in [5, 5.41) is 1.20. The largest absolute Gasteiger partial charge is 0.282 e. The number of aromatic nitrogens is 3. The van der Waals surface area contributed by atoms with Crippen LogP contribution < -0.4 is 5.56 Å². The molecule has 0 amide bonds. The monoisotopic (exact) mass is 381 g/mol. The summed E-state index contributed by atoms with van der Waals surface area (Å²) in [7, 11) is 0. The molecule has 6 heteroatoms. The first-order chi connectivity index (χ1) is 12.7. The fourth-order valence-electron chi connectivity index (χ4n) is 2.98. The number of rotatable bonds is 5. The summed E-state index contributed by atoms with van der Waals surface area (Å²) in [6.07, 6.45) is 4.49. The number of benzene rings is 1. The van der Waals surface area contributed by atoms with Gasteiger partial charge in [0, 0.05) is 29.8 Å². The summed E-state index contributed by atoms with van der Waals surface area (Å²) < 4.78 is 1.82. The molecule has 132 valence electrons. The van der Waals surface area contributed by atoms with E-state index in [1.54, 1.807) is 29.7 Å². The number of nitrogens with zero attached hydrogens (tertiary/aromatic N) is 3. The second-order valence-electron chi connectivity index (χ2n) is 6.33. The lowest BCUT2D eigenvalue weighted by Crippen LogP contribution is -2.25. The molecular weight excluding hydrogens is 362 g/mol. The highest BCUT2D eigenvalue weighted by atomic mass is 32.2. The number of hydrogen-bond acceptors (Lipinski definition) is 5. The molecule has 3 aromatic rings. The zero-order valence-corrected chi connectivity index (χ0v) is 16.1. The predicted molar refractivity (Wildman–Crippen MR) is 107 cm³/mol. The van der Waals surface area contributed by atoms with E-state index >= 15 is 0 Å². The van der Waals surface area contributed by atoms with Gasteiger partial charge in [0.25, 0.3) is 5.56 Å². The van der Waals surface area contributed by atoms with E-state index in [-0.39, 0.29) is 5.56 Å². The Morgan fingerprint density at radius 2 is 2.00 bits per heavy atom. The molecule has 0 saturated carbocycles. The molecule has 0 fully saturated rings. The van der Waals surface area contributed by atoms with Crippen molar-refractivity contribution in [3.8, 4) is 0 Å². The second-order valence-corrected chi connectivity index (χ2v) is 8.72. The average Bonchev–Trinajstić information content (AvgIpc) is 3.05. The Balaban J connectivity index is 1.70. The molecule has 0 aliphatic carbocycles. The van der Waals surface area contributed by atoms with Crippen LogP contribution in [0.5, 0.6) is 0 Å². The zero-order chi connectivity index (χ0) is 17.9. The minimum atomic E-state index is 0.0851. The SMILES string of the molecule is CC1Cc2nc(SCc3cccnc3)n(Cc3ccccc3)c(=O)c2S1. The number of pyridine rings is 1. The summed E-state index contributed by atoms with van der Waals surface area (Å²) in [6.45, 7) is 2.69.